The molecule has 1 amide bonds. The van der Waals surface area contributed by atoms with Crippen molar-refractivity contribution >= 4 is 16.9 Å². The highest BCUT2D eigenvalue weighted by molar-refractivity contribution is 6.07. The lowest BCUT2D eigenvalue weighted by Gasteiger charge is -2.11. The van der Waals surface area contributed by atoms with Crippen LogP contribution in [0, 0.1) is 6.92 Å². The molecule has 0 saturated carbocycles. The van der Waals surface area contributed by atoms with Crippen molar-refractivity contribution in [1.29, 1.82) is 0 Å². The van der Waals surface area contributed by atoms with Crippen LogP contribution in [0.4, 0.5) is 0 Å². The summed E-state index contributed by atoms with van der Waals surface area (Å²) < 4.78 is 16.5. The summed E-state index contributed by atoms with van der Waals surface area (Å²) in [5.41, 5.74) is 3.33. The van der Waals surface area contributed by atoms with Gasteiger partial charge < -0.3 is 19.2 Å². The predicted octanol–water partition coefficient (Wildman–Crippen LogP) is 4.22. The zero-order valence-corrected chi connectivity index (χ0v) is 15.3. The Morgan fingerprint density at radius 2 is 1.92 bits per heavy atom. The summed E-state index contributed by atoms with van der Waals surface area (Å²) in [6, 6.07) is 13.4. The minimum absolute atomic E-state index is 0.166. The number of furan rings is 1. The molecule has 2 aromatic carbocycles. The van der Waals surface area contributed by atoms with Crippen molar-refractivity contribution in [3.05, 3.63) is 64.9 Å². The number of hydrogen-bond acceptors (Lipinski definition) is 4. The van der Waals surface area contributed by atoms with Gasteiger partial charge in [-0.1, -0.05) is 24.3 Å². The molecular formula is C21H23NO4. The Balaban J connectivity index is 1.81. The number of fused-ring (bicyclic) bond motifs is 1. The van der Waals surface area contributed by atoms with Gasteiger partial charge >= 0.3 is 0 Å². The first kappa shape index (κ1) is 18.0. The van der Waals surface area contributed by atoms with E-state index in [0.29, 0.717) is 42.4 Å². The average molecular weight is 353 g/mol. The van der Waals surface area contributed by atoms with Crippen molar-refractivity contribution in [2.24, 2.45) is 0 Å². The van der Waals surface area contributed by atoms with Crippen LogP contribution in [0.1, 0.15) is 34.2 Å². The monoisotopic (exact) mass is 353 g/mol. The van der Waals surface area contributed by atoms with Crippen molar-refractivity contribution < 1.29 is 18.7 Å². The molecule has 0 aliphatic carbocycles. The molecule has 1 heterocycles. The molecule has 0 aliphatic rings. The van der Waals surface area contributed by atoms with Crippen LogP contribution >= 0.6 is 0 Å². The van der Waals surface area contributed by atoms with Crippen LogP contribution in [0.5, 0.6) is 5.75 Å². The van der Waals surface area contributed by atoms with Gasteiger partial charge in [0.2, 0.25) is 0 Å². The van der Waals surface area contributed by atoms with E-state index in [2.05, 4.69) is 5.32 Å². The zero-order valence-electron chi connectivity index (χ0n) is 15.3. The molecule has 1 aromatic heterocycles. The largest absolute Gasteiger partial charge is 0.497 e. The fourth-order valence-electron chi connectivity index (χ4n) is 2.95. The average Bonchev–Trinajstić information content (AvgIpc) is 2.99. The summed E-state index contributed by atoms with van der Waals surface area (Å²) in [5.74, 6) is 1.11. The fourth-order valence-corrected chi connectivity index (χ4v) is 2.95. The number of hydrogen-bond donors (Lipinski definition) is 1. The summed E-state index contributed by atoms with van der Waals surface area (Å²) in [7, 11) is 1.60. The quantitative estimate of drug-likeness (QED) is 0.691. The summed E-state index contributed by atoms with van der Waals surface area (Å²) in [5, 5.41) is 3.75. The summed E-state index contributed by atoms with van der Waals surface area (Å²) in [6.45, 7) is 5.38. The van der Waals surface area contributed by atoms with E-state index < -0.39 is 0 Å². The number of amides is 1. The lowest BCUT2D eigenvalue weighted by Crippen LogP contribution is -2.24. The van der Waals surface area contributed by atoms with Crippen LogP contribution < -0.4 is 10.1 Å². The maximum atomic E-state index is 12.8. The molecule has 0 atom stereocenters. The molecule has 0 radical (unpaired) electrons. The zero-order chi connectivity index (χ0) is 18.5. The molecule has 0 bridgehead atoms. The van der Waals surface area contributed by atoms with E-state index in [1.807, 2.05) is 49.4 Å². The molecule has 3 rings (SSSR count). The van der Waals surface area contributed by atoms with E-state index >= 15 is 0 Å². The highest BCUT2D eigenvalue weighted by Crippen LogP contribution is 2.29. The van der Waals surface area contributed by atoms with E-state index in [-0.39, 0.29) is 5.91 Å². The summed E-state index contributed by atoms with van der Waals surface area (Å²) >= 11 is 0. The molecule has 0 aliphatic heterocycles. The lowest BCUT2D eigenvalue weighted by molar-refractivity contribution is 0.0949. The topological polar surface area (TPSA) is 60.7 Å². The number of carbonyl (C=O) groups is 1. The van der Waals surface area contributed by atoms with E-state index in [1.165, 1.54) is 0 Å². The third kappa shape index (κ3) is 3.73. The number of rotatable bonds is 7. The molecule has 5 heteroatoms. The van der Waals surface area contributed by atoms with Crippen LogP contribution in [-0.2, 0) is 17.9 Å². The third-order valence-corrected chi connectivity index (χ3v) is 4.32. The van der Waals surface area contributed by atoms with Gasteiger partial charge in [-0.2, -0.15) is 0 Å². The SMILES string of the molecule is CCOCc1ccccc1CNC(=O)c1c(C)oc2ccc(OC)cc12. The van der Waals surface area contributed by atoms with Crippen molar-refractivity contribution in [3.8, 4) is 5.75 Å². The molecule has 1 N–H and O–H groups in total. The molecule has 0 saturated heterocycles. The number of nitrogens with one attached hydrogen (secondary N) is 1. The second-order valence-corrected chi connectivity index (χ2v) is 5.98. The van der Waals surface area contributed by atoms with Gasteiger partial charge in [0.25, 0.3) is 5.91 Å². The minimum Gasteiger partial charge on any atom is -0.497 e. The number of carbonyl (C=O) groups excluding carboxylic acids is 1. The Bertz CT molecular complexity index is 914. The van der Waals surface area contributed by atoms with Gasteiger partial charge in [-0.3, -0.25) is 4.79 Å². The first-order chi connectivity index (χ1) is 12.6. The highest BCUT2D eigenvalue weighted by atomic mass is 16.5. The molecule has 0 unspecified atom stereocenters. The van der Waals surface area contributed by atoms with Gasteiger partial charge in [-0.15, -0.1) is 0 Å². The number of methoxy groups -OCH3 is 1. The summed E-state index contributed by atoms with van der Waals surface area (Å²) in [4.78, 5) is 12.8. The Morgan fingerprint density at radius 3 is 2.65 bits per heavy atom. The van der Waals surface area contributed by atoms with E-state index in [9.17, 15) is 4.79 Å². The summed E-state index contributed by atoms with van der Waals surface area (Å²) in [6.07, 6.45) is 0. The van der Waals surface area contributed by atoms with E-state index in [4.69, 9.17) is 13.9 Å². The van der Waals surface area contributed by atoms with Crippen LogP contribution in [0.15, 0.2) is 46.9 Å². The van der Waals surface area contributed by atoms with Gasteiger partial charge in [0.1, 0.15) is 17.1 Å². The number of ether oxygens (including phenoxy) is 2. The lowest BCUT2D eigenvalue weighted by atomic mass is 10.1. The predicted molar refractivity (Wildman–Crippen MR) is 100 cm³/mol. The number of benzene rings is 2. The first-order valence-electron chi connectivity index (χ1n) is 8.64. The first-order valence-corrected chi connectivity index (χ1v) is 8.64. The Morgan fingerprint density at radius 1 is 1.15 bits per heavy atom. The van der Waals surface area contributed by atoms with Gasteiger partial charge in [0.05, 0.1) is 19.3 Å². The Labute approximate surface area is 152 Å². The molecule has 0 spiro atoms. The van der Waals surface area contributed by atoms with Crippen LogP contribution in [0.3, 0.4) is 0 Å². The second-order valence-electron chi connectivity index (χ2n) is 5.98. The van der Waals surface area contributed by atoms with Crippen molar-refractivity contribution in [3.63, 3.8) is 0 Å². The van der Waals surface area contributed by atoms with Crippen LogP contribution in [0.25, 0.3) is 11.0 Å². The molecule has 5 nitrogen and oxygen atoms in total. The van der Waals surface area contributed by atoms with Gasteiger partial charge in [-0.05, 0) is 43.2 Å². The van der Waals surface area contributed by atoms with Crippen LogP contribution in [0.2, 0.25) is 0 Å². The standard InChI is InChI=1S/C21H23NO4/c1-4-25-13-16-8-6-5-7-15(16)12-22-21(23)20-14(2)26-19-10-9-17(24-3)11-18(19)20/h5-11H,4,12-13H2,1-3H3,(H,22,23). The number of aryl methyl sites for hydroxylation is 1. The van der Waals surface area contributed by atoms with Gasteiger partial charge in [-0.25, -0.2) is 0 Å². The maximum absolute atomic E-state index is 12.8. The highest BCUT2D eigenvalue weighted by Gasteiger charge is 2.19. The van der Waals surface area contributed by atoms with Gasteiger partial charge in [0, 0.05) is 18.5 Å². The van der Waals surface area contributed by atoms with Crippen molar-refractivity contribution in [2.45, 2.75) is 27.0 Å². The fraction of sp³-hybridized carbons (Fsp3) is 0.286. The minimum atomic E-state index is -0.166. The third-order valence-electron chi connectivity index (χ3n) is 4.32. The molecular weight excluding hydrogens is 330 g/mol. The normalized spacial score (nSPS) is 10.9. The molecule has 136 valence electrons. The second kappa shape index (κ2) is 8.06. The van der Waals surface area contributed by atoms with Crippen molar-refractivity contribution in [2.75, 3.05) is 13.7 Å². The van der Waals surface area contributed by atoms with E-state index in [1.54, 1.807) is 14.0 Å². The van der Waals surface area contributed by atoms with Crippen molar-refractivity contribution in [1.82, 2.24) is 5.32 Å². The van der Waals surface area contributed by atoms with E-state index in [0.717, 1.165) is 16.5 Å². The maximum Gasteiger partial charge on any atom is 0.255 e. The Hall–Kier alpha value is -2.79. The molecule has 0 fully saturated rings. The Kier molecular flexibility index (Phi) is 5.58. The molecule has 26 heavy (non-hydrogen) atoms. The smallest absolute Gasteiger partial charge is 0.255 e. The van der Waals surface area contributed by atoms with Gasteiger partial charge in [0.15, 0.2) is 0 Å². The molecule has 3 aromatic rings. The van der Waals surface area contributed by atoms with Crippen LogP contribution in [-0.4, -0.2) is 19.6 Å².